The van der Waals surface area contributed by atoms with Crippen LogP contribution in [0.2, 0.25) is 0 Å². The van der Waals surface area contributed by atoms with Crippen LogP contribution in [0.25, 0.3) is 0 Å². The monoisotopic (exact) mass is 366 g/mol. The van der Waals surface area contributed by atoms with E-state index in [0.29, 0.717) is 12.0 Å². The van der Waals surface area contributed by atoms with Gasteiger partial charge in [0.15, 0.2) is 5.78 Å². The third kappa shape index (κ3) is 2.97. The van der Waals surface area contributed by atoms with Gasteiger partial charge < -0.3 is 19.3 Å². The number of carbonyl (C=O) groups is 3. The van der Waals surface area contributed by atoms with Crippen LogP contribution >= 0.6 is 0 Å². The van der Waals surface area contributed by atoms with E-state index in [0.717, 1.165) is 12.8 Å². The topological polar surface area (TPSA) is 102 Å². The molecule has 0 radical (unpaired) electrons. The van der Waals surface area contributed by atoms with E-state index in [-0.39, 0.29) is 25.1 Å². The normalized spacial score (nSPS) is 37.6. The summed E-state index contributed by atoms with van der Waals surface area (Å²) in [6.45, 7) is 6.03. The van der Waals surface area contributed by atoms with E-state index in [1.807, 2.05) is 6.92 Å². The van der Waals surface area contributed by atoms with Crippen LogP contribution in [0.15, 0.2) is 11.6 Å². The Morgan fingerprint density at radius 1 is 1.35 bits per heavy atom. The van der Waals surface area contributed by atoms with Gasteiger partial charge in [-0.3, -0.25) is 14.4 Å². The quantitative estimate of drug-likeness (QED) is 0.558. The summed E-state index contributed by atoms with van der Waals surface area (Å²) in [4.78, 5) is 35.3. The first-order valence-electron chi connectivity index (χ1n) is 8.94. The van der Waals surface area contributed by atoms with Crippen LogP contribution in [-0.4, -0.2) is 53.3 Å². The minimum Gasteiger partial charge on any atom is -0.465 e. The number of ketones is 1. The lowest BCUT2D eigenvalue weighted by molar-refractivity contribution is -0.151. The van der Waals surface area contributed by atoms with E-state index in [9.17, 15) is 19.5 Å². The number of fused-ring (bicyclic) bond motifs is 1. The highest BCUT2D eigenvalue weighted by Crippen LogP contribution is 2.65. The molecule has 0 aromatic heterocycles. The van der Waals surface area contributed by atoms with E-state index >= 15 is 0 Å². The summed E-state index contributed by atoms with van der Waals surface area (Å²) in [5.74, 6) is -1.42. The van der Waals surface area contributed by atoms with E-state index in [1.54, 1.807) is 0 Å². The van der Waals surface area contributed by atoms with Gasteiger partial charge in [-0.25, -0.2) is 0 Å². The van der Waals surface area contributed by atoms with Crippen molar-refractivity contribution in [2.45, 2.75) is 64.3 Å². The molecule has 0 spiro atoms. The van der Waals surface area contributed by atoms with Crippen LogP contribution in [0.5, 0.6) is 0 Å². The zero-order valence-electron chi connectivity index (χ0n) is 15.7. The fourth-order valence-electron chi connectivity index (χ4n) is 4.57. The number of esters is 2. The molecule has 3 aliphatic rings. The summed E-state index contributed by atoms with van der Waals surface area (Å²) in [7, 11) is 0. The number of hydrogen-bond acceptors (Lipinski definition) is 7. The number of ether oxygens (including phenoxy) is 3. The standard InChI is InChI=1S/C19H26O7/c1-11(20)24-9-17(3,23)13-7-14(15(22)8-13)19(10-25-12(2)21)6-5-16-18(19,4)26-16/h8,14,16,23H,5-7,9-10H2,1-4H3/t14-,16+,17+,18+,19+/m1/s1. The van der Waals surface area contributed by atoms with Crippen molar-refractivity contribution in [3.8, 4) is 0 Å². The van der Waals surface area contributed by atoms with Gasteiger partial charge in [0, 0.05) is 25.2 Å². The molecule has 7 heteroatoms. The van der Waals surface area contributed by atoms with Gasteiger partial charge in [0.05, 0.1) is 6.10 Å². The lowest BCUT2D eigenvalue weighted by atomic mass is 9.66. The molecule has 0 bridgehead atoms. The number of hydrogen-bond donors (Lipinski definition) is 1. The second-order valence-electron chi connectivity index (χ2n) is 8.07. The van der Waals surface area contributed by atoms with Crippen LogP contribution < -0.4 is 0 Å². The van der Waals surface area contributed by atoms with E-state index < -0.39 is 34.5 Å². The third-order valence-corrected chi connectivity index (χ3v) is 6.32. The van der Waals surface area contributed by atoms with Crippen molar-refractivity contribution >= 4 is 17.7 Å². The average molecular weight is 366 g/mol. The maximum Gasteiger partial charge on any atom is 0.302 e. The summed E-state index contributed by atoms with van der Waals surface area (Å²) in [5, 5.41) is 10.7. The lowest BCUT2D eigenvalue weighted by Gasteiger charge is -2.39. The van der Waals surface area contributed by atoms with Gasteiger partial charge in [-0.1, -0.05) is 0 Å². The molecule has 1 N–H and O–H groups in total. The maximum absolute atomic E-state index is 12.8. The first-order valence-corrected chi connectivity index (χ1v) is 8.94. The molecule has 3 rings (SSSR count). The van der Waals surface area contributed by atoms with Gasteiger partial charge in [0.2, 0.25) is 0 Å². The Hall–Kier alpha value is -1.73. The van der Waals surface area contributed by atoms with Crippen molar-refractivity contribution in [1.82, 2.24) is 0 Å². The van der Waals surface area contributed by atoms with Crippen molar-refractivity contribution in [3.63, 3.8) is 0 Å². The molecule has 0 amide bonds. The Labute approximate surface area is 152 Å². The van der Waals surface area contributed by atoms with Crippen molar-refractivity contribution < 1.29 is 33.7 Å². The summed E-state index contributed by atoms with van der Waals surface area (Å²) in [6, 6.07) is 0. The van der Waals surface area contributed by atoms with E-state index in [1.165, 1.54) is 26.8 Å². The molecule has 1 aliphatic heterocycles. The fourth-order valence-corrected chi connectivity index (χ4v) is 4.57. The second kappa shape index (κ2) is 6.16. The number of carbonyl (C=O) groups excluding carboxylic acids is 3. The van der Waals surface area contributed by atoms with Gasteiger partial charge in [-0.15, -0.1) is 0 Å². The van der Waals surface area contributed by atoms with Gasteiger partial charge >= 0.3 is 11.9 Å². The van der Waals surface area contributed by atoms with Gasteiger partial charge in [0.25, 0.3) is 0 Å². The maximum atomic E-state index is 12.8. The molecule has 144 valence electrons. The minimum atomic E-state index is -1.41. The summed E-state index contributed by atoms with van der Waals surface area (Å²) >= 11 is 0. The molecule has 2 aliphatic carbocycles. The van der Waals surface area contributed by atoms with Gasteiger partial charge in [-0.05, 0) is 44.8 Å². The molecule has 5 atom stereocenters. The first-order chi connectivity index (χ1) is 12.0. The Balaban J connectivity index is 1.81. The predicted molar refractivity (Wildman–Crippen MR) is 90.0 cm³/mol. The van der Waals surface area contributed by atoms with Crippen molar-refractivity contribution in [1.29, 1.82) is 0 Å². The third-order valence-electron chi connectivity index (χ3n) is 6.32. The predicted octanol–water partition coefficient (Wildman–Crippen LogP) is 1.32. The fraction of sp³-hybridized carbons (Fsp3) is 0.737. The number of aliphatic hydroxyl groups is 1. The SMILES string of the molecule is CC(=O)OC[C@]1([C@@H]2CC([C@@](C)(O)COC(C)=O)=CC2=O)CC[C@@H]2O[C@@]21C. The molecule has 1 saturated heterocycles. The molecule has 1 saturated carbocycles. The largest absolute Gasteiger partial charge is 0.465 e. The number of rotatable bonds is 6. The van der Waals surface area contributed by atoms with Crippen LogP contribution in [0.1, 0.15) is 47.0 Å². The Morgan fingerprint density at radius 2 is 2.00 bits per heavy atom. The minimum absolute atomic E-state index is 0.0801. The molecular formula is C19H26O7. The van der Waals surface area contributed by atoms with Crippen LogP contribution in [0.3, 0.4) is 0 Å². The Bertz CT molecular complexity index is 677. The van der Waals surface area contributed by atoms with E-state index in [4.69, 9.17) is 14.2 Å². The van der Waals surface area contributed by atoms with Crippen molar-refractivity contribution in [3.05, 3.63) is 11.6 Å². The molecule has 0 aromatic carbocycles. The second-order valence-corrected chi connectivity index (χ2v) is 8.07. The molecule has 0 aromatic rings. The highest BCUT2D eigenvalue weighted by atomic mass is 16.6. The Kier molecular flexibility index (Phi) is 4.51. The highest BCUT2D eigenvalue weighted by Gasteiger charge is 2.73. The van der Waals surface area contributed by atoms with Crippen molar-refractivity contribution in [2.24, 2.45) is 11.3 Å². The van der Waals surface area contributed by atoms with Crippen molar-refractivity contribution in [2.75, 3.05) is 13.2 Å². The molecule has 7 nitrogen and oxygen atoms in total. The van der Waals surface area contributed by atoms with Crippen LogP contribution in [-0.2, 0) is 28.6 Å². The molecule has 1 heterocycles. The lowest BCUT2D eigenvalue weighted by Crippen LogP contribution is -2.47. The zero-order chi connectivity index (χ0) is 19.3. The molecule has 26 heavy (non-hydrogen) atoms. The van der Waals surface area contributed by atoms with Crippen LogP contribution in [0, 0.1) is 11.3 Å². The molecular weight excluding hydrogens is 340 g/mol. The smallest absolute Gasteiger partial charge is 0.302 e. The zero-order valence-corrected chi connectivity index (χ0v) is 15.7. The Morgan fingerprint density at radius 3 is 2.50 bits per heavy atom. The van der Waals surface area contributed by atoms with Crippen LogP contribution in [0.4, 0.5) is 0 Å². The summed E-state index contributed by atoms with van der Waals surface area (Å²) in [5.41, 5.74) is -1.98. The summed E-state index contributed by atoms with van der Waals surface area (Å²) < 4.78 is 16.1. The summed E-state index contributed by atoms with van der Waals surface area (Å²) in [6.07, 6.45) is 3.41. The van der Waals surface area contributed by atoms with Gasteiger partial charge in [0.1, 0.15) is 24.4 Å². The van der Waals surface area contributed by atoms with E-state index in [2.05, 4.69) is 0 Å². The number of allylic oxidation sites excluding steroid dienone is 1. The number of epoxide rings is 1. The molecule has 2 fully saturated rings. The van der Waals surface area contributed by atoms with Gasteiger partial charge in [-0.2, -0.15) is 0 Å². The molecule has 0 unspecified atom stereocenters. The first kappa shape index (κ1) is 19.0. The highest BCUT2D eigenvalue weighted by molar-refractivity contribution is 5.96. The average Bonchev–Trinajstić information content (AvgIpc) is 2.91.